The molecule has 3 atom stereocenters. The smallest absolute Gasteiger partial charge is 0.310 e. The Morgan fingerprint density at radius 2 is 1.75 bits per heavy atom. The van der Waals surface area contributed by atoms with Crippen molar-refractivity contribution in [1.29, 1.82) is 0 Å². The second-order valence-corrected chi connectivity index (χ2v) is 9.65. The van der Waals surface area contributed by atoms with Gasteiger partial charge in [0.15, 0.2) is 0 Å². The van der Waals surface area contributed by atoms with Gasteiger partial charge in [-0.1, -0.05) is 58.4 Å². The molecular formula is C24H28BrN5O2. The zero-order valence-corrected chi connectivity index (χ0v) is 19.7. The van der Waals surface area contributed by atoms with Gasteiger partial charge in [0.05, 0.1) is 6.54 Å². The van der Waals surface area contributed by atoms with E-state index in [1.165, 1.54) is 10.5 Å². The number of halogens is 1. The average Bonchev–Trinajstić information content (AvgIpc) is 3.21. The lowest BCUT2D eigenvalue weighted by Gasteiger charge is -2.43. The number of benzene rings is 2. The van der Waals surface area contributed by atoms with Crippen LogP contribution in [0.15, 0.2) is 59.1 Å². The number of carbonyl (C=O) groups excluding carboxylic acids is 2. The van der Waals surface area contributed by atoms with Crippen molar-refractivity contribution in [3.63, 3.8) is 0 Å². The summed E-state index contributed by atoms with van der Waals surface area (Å²) >= 11 is 3.44. The molecule has 32 heavy (non-hydrogen) atoms. The minimum Gasteiger partial charge on any atom is -0.310 e. The molecule has 0 spiro atoms. The summed E-state index contributed by atoms with van der Waals surface area (Å²) in [5.41, 5.74) is 2.25. The molecule has 7 nitrogen and oxygen atoms in total. The predicted octanol–water partition coefficient (Wildman–Crippen LogP) is 2.68. The second-order valence-electron chi connectivity index (χ2n) is 8.74. The van der Waals surface area contributed by atoms with Crippen LogP contribution in [0.1, 0.15) is 17.5 Å². The molecule has 168 valence electrons. The molecule has 0 aromatic heterocycles. The number of rotatable bonds is 5. The summed E-state index contributed by atoms with van der Waals surface area (Å²) in [5.74, 6) is -0.110. The molecule has 3 heterocycles. The predicted molar refractivity (Wildman–Crippen MR) is 125 cm³/mol. The summed E-state index contributed by atoms with van der Waals surface area (Å²) in [5, 5.41) is 3.59. The highest BCUT2D eigenvalue weighted by atomic mass is 79.9. The van der Waals surface area contributed by atoms with Gasteiger partial charge in [-0.25, -0.2) is 4.79 Å². The summed E-state index contributed by atoms with van der Waals surface area (Å²) in [6.45, 7) is 3.02. The molecule has 8 heteroatoms. The molecule has 0 radical (unpaired) electrons. The summed E-state index contributed by atoms with van der Waals surface area (Å²) in [7, 11) is 1.79. The van der Waals surface area contributed by atoms with E-state index in [1.54, 1.807) is 11.9 Å². The maximum atomic E-state index is 13.5. The minimum absolute atomic E-state index is 0.0331. The van der Waals surface area contributed by atoms with E-state index in [2.05, 4.69) is 55.3 Å². The number of hydrogen-bond acceptors (Lipinski definition) is 5. The maximum absolute atomic E-state index is 13.5. The van der Waals surface area contributed by atoms with Crippen molar-refractivity contribution in [2.75, 3.05) is 26.7 Å². The monoisotopic (exact) mass is 497 g/mol. The molecule has 3 fully saturated rings. The van der Waals surface area contributed by atoms with Gasteiger partial charge >= 0.3 is 6.03 Å². The van der Waals surface area contributed by atoms with Crippen molar-refractivity contribution in [1.82, 2.24) is 24.9 Å². The highest BCUT2D eigenvalue weighted by Gasteiger charge is 2.55. The van der Waals surface area contributed by atoms with E-state index in [-0.39, 0.29) is 37.0 Å². The minimum atomic E-state index is -0.363. The number of nitrogens with one attached hydrogen (secondary N) is 1. The normalized spacial score (nSPS) is 26.4. The number of imide groups is 1. The lowest BCUT2D eigenvalue weighted by molar-refractivity contribution is -0.140. The molecule has 0 aliphatic carbocycles. The Bertz CT molecular complexity index is 986. The standard InChI is InChI=1S/C24H28BrN5O2/c1-27-21-20(22(31)30(24(27)32)16-18-8-10-19(25)11-9-18)29-14-5-13-28(23(29)26-21)15-12-17-6-3-2-4-7-17/h2-4,6-11,20-21,23,26H,5,12-16H2,1H3. The van der Waals surface area contributed by atoms with E-state index in [9.17, 15) is 9.59 Å². The first-order valence-corrected chi connectivity index (χ1v) is 11.9. The van der Waals surface area contributed by atoms with Gasteiger partial charge in [-0.2, -0.15) is 0 Å². The zero-order valence-electron chi connectivity index (χ0n) is 18.2. The summed E-state index contributed by atoms with van der Waals surface area (Å²) in [6, 6.07) is 17.6. The van der Waals surface area contributed by atoms with Gasteiger partial charge in [-0.05, 0) is 36.1 Å². The van der Waals surface area contributed by atoms with Crippen molar-refractivity contribution >= 4 is 27.9 Å². The van der Waals surface area contributed by atoms with E-state index in [1.807, 2.05) is 30.3 Å². The van der Waals surface area contributed by atoms with Crippen LogP contribution in [0.2, 0.25) is 0 Å². The Hall–Kier alpha value is -2.26. The maximum Gasteiger partial charge on any atom is 0.328 e. The third-order valence-electron chi connectivity index (χ3n) is 6.75. The van der Waals surface area contributed by atoms with Crippen LogP contribution in [0.4, 0.5) is 4.79 Å². The molecule has 1 N–H and O–H groups in total. The SMILES string of the molecule is CN1C(=O)N(Cc2ccc(Br)cc2)C(=O)C2C1NC1N(CCc3ccccc3)CCCN21. The number of amides is 3. The van der Waals surface area contributed by atoms with Crippen LogP contribution in [0.3, 0.4) is 0 Å². The Labute approximate surface area is 197 Å². The fourth-order valence-corrected chi connectivity index (χ4v) is 5.33. The largest absolute Gasteiger partial charge is 0.328 e. The van der Waals surface area contributed by atoms with Crippen LogP contribution in [-0.2, 0) is 17.8 Å². The third kappa shape index (κ3) is 3.96. The Balaban J connectivity index is 1.33. The third-order valence-corrected chi connectivity index (χ3v) is 7.28. The summed E-state index contributed by atoms with van der Waals surface area (Å²) < 4.78 is 0.974. The van der Waals surface area contributed by atoms with Crippen molar-refractivity contribution in [2.24, 2.45) is 0 Å². The number of likely N-dealkylation sites (N-methyl/N-ethyl adjacent to an activating group) is 1. The van der Waals surface area contributed by atoms with Gasteiger partial charge in [-0.3, -0.25) is 24.8 Å². The van der Waals surface area contributed by atoms with Gasteiger partial charge in [0, 0.05) is 31.2 Å². The highest BCUT2D eigenvalue weighted by molar-refractivity contribution is 9.10. The van der Waals surface area contributed by atoms with Gasteiger partial charge < -0.3 is 4.90 Å². The van der Waals surface area contributed by atoms with Crippen molar-refractivity contribution < 1.29 is 9.59 Å². The number of carbonyl (C=O) groups is 2. The van der Waals surface area contributed by atoms with E-state index in [0.29, 0.717) is 0 Å². The second kappa shape index (κ2) is 8.94. The number of urea groups is 1. The van der Waals surface area contributed by atoms with Crippen LogP contribution >= 0.6 is 15.9 Å². The van der Waals surface area contributed by atoms with Crippen molar-refractivity contribution in [2.45, 2.75) is 37.9 Å². The molecule has 5 rings (SSSR count). The first kappa shape index (κ1) is 21.6. The van der Waals surface area contributed by atoms with Crippen molar-refractivity contribution in [3.8, 4) is 0 Å². The average molecular weight is 498 g/mol. The molecule has 0 saturated carbocycles. The zero-order chi connectivity index (χ0) is 22.2. The number of nitrogens with zero attached hydrogens (tertiary/aromatic N) is 4. The lowest BCUT2D eigenvalue weighted by atomic mass is 10.1. The van der Waals surface area contributed by atoms with Crippen LogP contribution in [0.5, 0.6) is 0 Å². The van der Waals surface area contributed by atoms with Crippen LogP contribution in [0.25, 0.3) is 0 Å². The van der Waals surface area contributed by atoms with Gasteiger partial charge in [0.1, 0.15) is 18.5 Å². The lowest BCUT2D eigenvalue weighted by Crippen LogP contribution is -2.66. The fourth-order valence-electron chi connectivity index (χ4n) is 5.06. The Morgan fingerprint density at radius 3 is 2.50 bits per heavy atom. The van der Waals surface area contributed by atoms with Crippen molar-refractivity contribution in [3.05, 3.63) is 70.2 Å². The quantitative estimate of drug-likeness (QED) is 0.687. The van der Waals surface area contributed by atoms with Crippen LogP contribution in [0, 0.1) is 0 Å². The molecule has 3 amide bonds. The first-order chi connectivity index (χ1) is 15.5. The topological polar surface area (TPSA) is 59.1 Å². The highest BCUT2D eigenvalue weighted by Crippen LogP contribution is 2.31. The first-order valence-electron chi connectivity index (χ1n) is 11.2. The van der Waals surface area contributed by atoms with Crippen LogP contribution < -0.4 is 5.32 Å². The molecule has 3 aliphatic heterocycles. The van der Waals surface area contributed by atoms with E-state index < -0.39 is 0 Å². The molecule has 3 unspecified atom stereocenters. The van der Waals surface area contributed by atoms with E-state index in [0.717, 1.165) is 42.5 Å². The Kier molecular flexibility index (Phi) is 6.03. The summed E-state index contributed by atoms with van der Waals surface area (Å²) in [4.78, 5) is 34.4. The van der Waals surface area contributed by atoms with Gasteiger partial charge in [0.25, 0.3) is 5.91 Å². The molecular weight excluding hydrogens is 470 g/mol. The van der Waals surface area contributed by atoms with E-state index >= 15 is 0 Å². The Morgan fingerprint density at radius 1 is 1.00 bits per heavy atom. The van der Waals surface area contributed by atoms with Crippen LogP contribution in [-0.4, -0.2) is 76.7 Å². The molecule has 2 aromatic carbocycles. The molecule has 3 saturated heterocycles. The van der Waals surface area contributed by atoms with Gasteiger partial charge in [-0.15, -0.1) is 0 Å². The molecule has 2 aromatic rings. The van der Waals surface area contributed by atoms with Gasteiger partial charge in [0.2, 0.25) is 0 Å². The summed E-state index contributed by atoms with van der Waals surface area (Å²) in [6.07, 6.45) is 1.63. The number of fused-ring (bicyclic) bond motifs is 3. The molecule has 3 aliphatic rings. The fraction of sp³-hybridized carbons (Fsp3) is 0.417. The number of hydrogen-bond donors (Lipinski definition) is 1. The van der Waals surface area contributed by atoms with E-state index in [4.69, 9.17) is 0 Å². The molecule has 0 bridgehead atoms.